The number of rotatable bonds is 3. The summed E-state index contributed by atoms with van der Waals surface area (Å²) in [6, 6.07) is 0.735. The summed E-state index contributed by atoms with van der Waals surface area (Å²) in [5, 5.41) is 4.11. The highest BCUT2D eigenvalue weighted by Crippen LogP contribution is 2.23. The minimum Gasteiger partial charge on any atom is -0.365 e. The molecule has 0 spiro atoms. The molecular formula is C11H19N3S. The van der Waals surface area contributed by atoms with Gasteiger partial charge in [-0.3, -0.25) is 4.90 Å². The van der Waals surface area contributed by atoms with Crippen LogP contribution in [0.5, 0.6) is 0 Å². The number of likely N-dealkylation sites (tertiary alicyclic amines) is 1. The molecular weight excluding hydrogens is 206 g/mol. The maximum absolute atomic E-state index is 4.31. The first-order valence-electron chi connectivity index (χ1n) is 5.66. The molecule has 1 atom stereocenters. The number of aromatic nitrogens is 1. The first-order chi connectivity index (χ1) is 7.29. The standard InChI is InChI=1S/C11H19N3S/c1-9-5-3-4-6-14(9)8-10-7-13-11(12-2)15-10/h7,9H,3-6,8H2,1-2H3,(H,12,13). The van der Waals surface area contributed by atoms with Gasteiger partial charge < -0.3 is 5.32 Å². The van der Waals surface area contributed by atoms with Crippen LogP contribution in [0.4, 0.5) is 5.13 Å². The highest BCUT2D eigenvalue weighted by molar-refractivity contribution is 7.15. The zero-order valence-corrected chi connectivity index (χ0v) is 10.3. The molecule has 1 fully saturated rings. The number of thiazole rings is 1. The van der Waals surface area contributed by atoms with Gasteiger partial charge in [-0.2, -0.15) is 0 Å². The zero-order chi connectivity index (χ0) is 10.7. The van der Waals surface area contributed by atoms with Gasteiger partial charge in [0.1, 0.15) is 0 Å². The average molecular weight is 225 g/mol. The molecule has 15 heavy (non-hydrogen) atoms. The summed E-state index contributed by atoms with van der Waals surface area (Å²) in [5.74, 6) is 0. The molecule has 1 aromatic rings. The SMILES string of the molecule is CNc1ncc(CN2CCCCC2C)s1. The lowest BCUT2D eigenvalue weighted by Crippen LogP contribution is -2.36. The van der Waals surface area contributed by atoms with Crippen molar-refractivity contribution in [2.75, 3.05) is 18.9 Å². The van der Waals surface area contributed by atoms with E-state index < -0.39 is 0 Å². The van der Waals surface area contributed by atoms with E-state index in [0.717, 1.165) is 17.7 Å². The molecule has 1 N–H and O–H groups in total. The van der Waals surface area contributed by atoms with Gasteiger partial charge in [0.15, 0.2) is 5.13 Å². The highest BCUT2D eigenvalue weighted by atomic mass is 32.1. The number of hydrogen-bond donors (Lipinski definition) is 1. The van der Waals surface area contributed by atoms with Gasteiger partial charge in [-0.05, 0) is 26.3 Å². The van der Waals surface area contributed by atoms with Gasteiger partial charge in [-0.15, -0.1) is 11.3 Å². The van der Waals surface area contributed by atoms with Crippen molar-refractivity contribution in [3.05, 3.63) is 11.1 Å². The molecule has 0 saturated carbocycles. The Morgan fingerprint density at radius 3 is 3.13 bits per heavy atom. The summed E-state index contributed by atoms with van der Waals surface area (Å²) in [6.45, 7) is 4.65. The van der Waals surface area contributed by atoms with Gasteiger partial charge in [-0.1, -0.05) is 6.42 Å². The van der Waals surface area contributed by atoms with E-state index >= 15 is 0 Å². The van der Waals surface area contributed by atoms with Gasteiger partial charge >= 0.3 is 0 Å². The van der Waals surface area contributed by atoms with E-state index in [2.05, 4.69) is 22.1 Å². The maximum Gasteiger partial charge on any atom is 0.182 e. The molecule has 0 radical (unpaired) electrons. The normalized spacial score (nSPS) is 22.9. The molecule has 4 heteroatoms. The summed E-state index contributed by atoms with van der Waals surface area (Å²) < 4.78 is 0. The van der Waals surface area contributed by atoms with Crippen molar-refractivity contribution in [3.8, 4) is 0 Å². The first kappa shape index (κ1) is 10.9. The Balaban J connectivity index is 1.95. The Bertz CT molecular complexity index is 311. The third-order valence-corrected chi connectivity index (χ3v) is 4.07. The van der Waals surface area contributed by atoms with E-state index in [1.54, 1.807) is 11.3 Å². The number of nitrogens with zero attached hydrogens (tertiary/aromatic N) is 2. The van der Waals surface area contributed by atoms with Crippen LogP contribution in [0.15, 0.2) is 6.20 Å². The molecule has 2 rings (SSSR count). The second-order valence-electron chi connectivity index (χ2n) is 4.20. The van der Waals surface area contributed by atoms with Gasteiger partial charge in [0, 0.05) is 30.7 Å². The van der Waals surface area contributed by atoms with Crippen molar-refractivity contribution >= 4 is 16.5 Å². The number of nitrogens with one attached hydrogen (secondary N) is 1. The fourth-order valence-corrected chi connectivity index (χ4v) is 2.88. The monoisotopic (exact) mass is 225 g/mol. The third kappa shape index (κ3) is 2.69. The van der Waals surface area contributed by atoms with Crippen LogP contribution in [-0.2, 0) is 6.54 Å². The van der Waals surface area contributed by atoms with Crippen LogP contribution in [-0.4, -0.2) is 29.5 Å². The molecule has 2 heterocycles. The maximum atomic E-state index is 4.31. The fourth-order valence-electron chi connectivity index (χ4n) is 2.09. The van der Waals surface area contributed by atoms with Crippen LogP contribution in [0.1, 0.15) is 31.1 Å². The van der Waals surface area contributed by atoms with Crippen LogP contribution in [0.3, 0.4) is 0 Å². The summed E-state index contributed by atoms with van der Waals surface area (Å²) >= 11 is 1.76. The summed E-state index contributed by atoms with van der Waals surface area (Å²) in [5.41, 5.74) is 0. The second-order valence-corrected chi connectivity index (χ2v) is 5.31. The minimum absolute atomic E-state index is 0.735. The quantitative estimate of drug-likeness (QED) is 0.857. The molecule has 84 valence electrons. The third-order valence-electron chi connectivity index (χ3n) is 3.07. The summed E-state index contributed by atoms with van der Waals surface area (Å²) in [6.07, 6.45) is 6.08. The average Bonchev–Trinajstić information content (AvgIpc) is 2.69. The summed E-state index contributed by atoms with van der Waals surface area (Å²) in [4.78, 5) is 8.24. The first-order valence-corrected chi connectivity index (χ1v) is 6.48. The molecule has 0 aliphatic carbocycles. The van der Waals surface area contributed by atoms with Crippen molar-refractivity contribution in [1.29, 1.82) is 0 Å². The van der Waals surface area contributed by atoms with Crippen molar-refractivity contribution in [2.45, 2.75) is 38.8 Å². The molecule has 0 bridgehead atoms. The number of piperidine rings is 1. The minimum atomic E-state index is 0.735. The lowest BCUT2D eigenvalue weighted by molar-refractivity contribution is 0.154. The Morgan fingerprint density at radius 1 is 1.60 bits per heavy atom. The van der Waals surface area contributed by atoms with E-state index in [9.17, 15) is 0 Å². The van der Waals surface area contributed by atoms with E-state index in [4.69, 9.17) is 0 Å². The van der Waals surface area contributed by atoms with Gasteiger partial charge in [0.25, 0.3) is 0 Å². The second kappa shape index (κ2) is 4.94. The Labute approximate surface area is 95.5 Å². The molecule has 0 aromatic carbocycles. The van der Waals surface area contributed by atoms with Crippen LogP contribution in [0.25, 0.3) is 0 Å². The molecule has 0 amide bonds. The Kier molecular flexibility index (Phi) is 3.59. The smallest absolute Gasteiger partial charge is 0.182 e. The number of hydrogen-bond acceptors (Lipinski definition) is 4. The van der Waals surface area contributed by atoms with Gasteiger partial charge in [0.05, 0.1) is 0 Å². The van der Waals surface area contributed by atoms with E-state index in [-0.39, 0.29) is 0 Å². The molecule has 1 aromatic heterocycles. The van der Waals surface area contributed by atoms with Crippen molar-refractivity contribution in [1.82, 2.24) is 9.88 Å². The van der Waals surface area contributed by atoms with Crippen molar-refractivity contribution in [2.24, 2.45) is 0 Å². The predicted octanol–water partition coefficient (Wildman–Crippen LogP) is 2.56. The van der Waals surface area contributed by atoms with Crippen LogP contribution in [0, 0.1) is 0 Å². The predicted molar refractivity (Wildman–Crippen MR) is 65.4 cm³/mol. The van der Waals surface area contributed by atoms with E-state index in [0.29, 0.717) is 0 Å². The number of anilines is 1. The van der Waals surface area contributed by atoms with Crippen LogP contribution >= 0.6 is 11.3 Å². The lowest BCUT2D eigenvalue weighted by Gasteiger charge is -2.32. The topological polar surface area (TPSA) is 28.2 Å². The summed E-state index contributed by atoms with van der Waals surface area (Å²) in [7, 11) is 1.92. The van der Waals surface area contributed by atoms with Gasteiger partial charge in [-0.25, -0.2) is 4.98 Å². The molecule has 1 saturated heterocycles. The zero-order valence-electron chi connectivity index (χ0n) is 9.49. The van der Waals surface area contributed by atoms with Crippen molar-refractivity contribution in [3.63, 3.8) is 0 Å². The van der Waals surface area contributed by atoms with E-state index in [1.165, 1.54) is 30.7 Å². The van der Waals surface area contributed by atoms with Gasteiger partial charge in [0.2, 0.25) is 0 Å². The lowest BCUT2D eigenvalue weighted by atomic mass is 10.0. The molecule has 1 aliphatic heterocycles. The Morgan fingerprint density at radius 2 is 2.47 bits per heavy atom. The molecule has 1 unspecified atom stereocenters. The fraction of sp³-hybridized carbons (Fsp3) is 0.727. The molecule has 1 aliphatic rings. The van der Waals surface area contributed by atoms with Crippen LogP contribution in [0.2, 0.25) is 0 Å². The van der Waals surface area contributed by atoms with E-state index in [1.807, 2.05) is 13.2 Å². The largest absolute Gasteiger partial charge is 0.365 e. The van der Waals surface area contributed by atoms with Crippen molar-refractivity contribution < 1.29 is 0 Å². The molecule has 3 nitrogen and oxygen atoms in total. The Hall–Kier alpha value is -0.610. The van der Waals surface area contributed by atoms with Crippen LogP contribution < -0.4 is 5.32 Å². The highest BCUT2D eigenvalue weighted by Gasteiger charge is 2.18.